The number of rotatable bonds is 7. The molecule has 16 heavy (non-hydrogen) atoms. The molecular weight excluding hydrogens is 212 g/mol. The minimum Gasteiger partial charge on any atom is -0.273 e. The third-order valence-electron chi connectivity index (χ3n) is 1.57. The van der Waals surface area contributed by atoms with E-state index in [1.807, 2.05) is 10.9 Å². The summed E-state index contributed by atoms with van der Waals surface area (Å²) in [5.74, 6) is -0.616. The van der Waals surface area contributed by atoms with Crippen molar-refractivity contribution in [3.8, 4) is 12.4 Å². The Morgan fingerprint density at radius 1 is 0.875 bits per heavy atom. The Labute approximate surface area is 92.5 Å². The lowest BCUT2D eigenvalue weighted by Crippen LogP contribution is -2.34. The molecule has 4 N–H and O–H groups in total. The second kappa shape index (κ2) is 9.09. The number of hydrazine groups is 2. The zero-order valence-corrected chi connectivity index (χ0v) is 8.54. The summed E-state index contributed by atoms with van der Waals surface area (Å²) in [5.41, 5.74) is 8.31. The summed E-state index contributed by atoms with van der Waals surface area (Å²) in [6.07, 6.45) is 4.60. The first-order valence-corrected chi connectivity index (χ1v) is 4.56. The summed E-state index contributed by atoms with van der Waals surface area (Å²) in [7, 11) is 0. The van der Waals surface area contributed by atoms with E-state index in [0.29, 0.717) is 12.8 Å². The molecule has 0 aromatic carbocycles. The number of nitrogens with one attached hydrogen (secondary N) is 4. The third kappa shape index (κ3) is 8.13. The Morgan fingerprint density at radius 2 is 1.25 bits per heavy atom. The number of carbonyl (C=O) groups is 2. The van der Waals surface area contributed by atoms with Gasteiger partial charge in [0, 0.05) is 12.8 Å². The lowest BCUT2D eigenvalue weighted by atomic mass is 10.2. The number of amides is 2. The van der Waals surface area contributed by atoms with Crippen molar-refractivity contribution in [2.24, 2.45) is 0 Å². The Bertz CT molecular complexity index is 283. The second-order valence-corrected chi connectivity index (χ2v) is 2.78. The number of hydrogen-bond acceptors (Lipinski definition) is 6. The van der Waals surface area contributed by atoms with Crippen LogP contribution in [0.15, 0.2) is 0 Å². The second-order valence-electron chi connectivity index (χ2n) is 2.78. The van der Waals surface area contributed by atoms with Crippen molar-refractivity contribution in [2.45, 2.75) is 25.7 Å². The van der Waals surface area contributed by atoms with Gasteiger partial charge in [-0.25, -0.2) is 10.9 Å². The normalized spacial score (nSPS) is 8.12. The van der Waals surface area contributed by atoms with Crippen molar-refractivity contribution in [3.63, 3.8) is 0 Å². The molecule has 0 fully saturated rings. The summed E-state index contributed by atoms with van der Waals surface area (Å²) in [4.78, 5) is 21.9. The van der Waals surface area contributed by atoms with Crippen molar-refractivity contribution >= 4 is 11.8 Å². The van der Waals surface area contributed by atoms with Crippen LogP contribution in [0.5, 0.6) is 0 Å². The highest BCUT2D eigenvalue weighted by Crippen LogP contribution is 1.98. The molecule has 0 aliphatic carbocycles. The first-order valence-electron chi connectivity index (χ1n) is 4.56. The monoisotopic (exact) mass is 224 g/mol. The number of hydrogen-bond donors (Lipinski definition) is 4. The van der Waals surface area contributed by atoms with E-state index < -0.39 is 0 Å². The minimum atomic E-state index is -0.308. The molecule has 0 rings (SSSR count). The standard InChI is InChI=1S/C8H12N6O2/c9-5-11-13-7(15)3-1-2-4-8(16)14-12-6-10/h11-12H,1-4H2,(H,13,15)(H,14,16). The highest BCUT2D eigenvalue weighted by atomic mass is 16.2. The van der Waals surface area contributed by atoms with Gasteiger partial charge in [-0.2, -0.15) is 10.5 Å². The molecule has 0 unspecified atom stereocenters. The van der Waals surface area contributed by atoms with Gasteiger partial charge in [0.05, 0.1) is 0 Å². The molecule has 0 aromatic heterocycles. The van der Waals surface area contributed by atoms with Crippen LogP contribution in [0.2, 0.25) is 0 Å². The van der Waals surface area contributed by atoms with Crippen molar-refractivity contribution < 1.29 is 9.59 Å². The SMILES string of the molecule is N#CNNC(=O)CCCCC(=O)NNC#N. The molecule has 0 saturated heterocycles. The molecule has 0 spiro atoms. The molecule has 0 aliphatic heterocycles. The molecular formula is C8H12N6O2. The van der Waals surface area contributed by atoms with Crippen LogP contribution in [0.1, 0.15) is 25.7 Å². The maximum absolute atomic E-state index is 10.9. The molecule has 8 heteroatoms. The molecule has 0 atom stereocenters. The Morgan fingerprint density at radius 3 is 1.56 bits per heavy atom. The smallest absolute Gasteiger partial charge is 0.238 e. The first kappa shape index (κ1) is 13.5. The molecule has 0 heterocycles. The van der Waals surface area contributed by atoms with E-state index in [-0.39, 0.29) is 24.7 Å². The van der Waals surface area contributed by atoms with Gasteiger partial charge in [-0.3, -0.25) is 20.4 Å². The molecule has 0 aromatic rings. The predicted molar refractivity (Wildman–Crippen MR) is 52.3 cm³/mol. The third-order valence-corrected chi connectivity index (χ3v) is 1.57. The van der Waals surface area contributed by atoms with Gasteiger partial charge >= 0.3 is 0 Å². The topological polar surface area (TPSA) is 130 Å². The summed E-state index contributed by atoms with van der Waals surface area (Å²) < 4.78 is 0. The molecule has 0 aliphatic rings. The van der Waals surface area contributed by atoms with Gasteiger partial charge in [0.1, 0.15) is 0 Å². The zero-order valence-electron chi connectivity index (χ0n) is 8.54. The van der Waals surface area contributed by atoms with Gasteiger partial charge in [-0.15, -0.1) is 0 Å². The molecule has 0 bridgehead atoms. The van der Waals surface area contributed by atoms with Crippen LogP contribution < -0.4 is 21.7 Å². The fourth-order valence-electron chi connectivity index (χ4n) is 0.891. The van der Waals surface area contributed by atoms with E-state index in [0.717, 1.165) is 0 Å². The van der Waals surface area contributed by atoms with Crippen LogP contribution in [0.25, 0.3) is 0 Å². The van der Waals surface area contributed by atoms with Crippen molar-refractivity contribution in [2.75, 3.05) is 0 Å². The Kier molecular flexibility index (Phi) is 7.68. The quantitative estimate of drug-likeness (QED) is 0.185. The highest BCUT2D eigenvalue weighted by Gasteiger charge is 2.02. The summed E-state index contributed by atoms with van der Waals surface area (Å²) in [6, 6.07) is 0. The van der Waals surface area contributed by atoms with Crippen LogP contribution in [0, 0.1) is 22.9 Å². The summed E-state index contributed by atoms with van der Waals surface area (Å²) in [6.45, 7) is 0. The van der Waals surface area contributed by atoms with Crippen LogP contribution in [-0.4, -0.2) is 11.8 Å². The summed E-state index contributed by atoms with van der Waals surface area (Å²) in [5, 5.41) is 16.2. The molecule has 2 amide bonds. The lowest BCUT2D eigenvalue weighted by molar-refractivity contribution is -0.123. The Hall–Kier alpha value is -2.48. The van der Waals surface area contributed by atoms with E-state index >= 15 is 0 Å². The minimum absolute atomic E-state index is 0.230. The van der Waals surface area contributed by atoms with E-state index in [1.54, 1.807) is 12.4 Å². The molecule has 0 saturated carbocycles. The highest BCUT2D eigenvalue weighted by molar-refractivity contribution is 5.76. The van der Waals surface area contributed by atoms with E-state index in [9.17, 15) is 9.59 Å². The van der Waals surface area contributed by atoms with Gasteiger partial charge in [0.2, 0.25) is 11.8 Å². The van der Waals surface area contributed by atoms with E-state index in [2.05, 4.69) is 10.9 Å². The fourth-order valence-corrected chi connectivity index (χ4v) is 0.891. The molecule has 0 radical (unpaired) electrons. The number of nitrogens with zero attached hydrogens (tertiary/aromatic N) is 2. The van der Waals surface area contributed by atoms with Gasteiger partial charge in [-0.1, -0.05) is 0 Å². The number of carbonyl (C=O) groups excluding carboxylic acids is 2. The average molecular weight is 224 g/mol. The summed E-state index contributed by atoms with van der Waals surface area (Å²) >= 11 is 0. The lowest BCUT2D eigenvalue weighted by Gasteiger charge is -2.02. The largest absolute Gasteiger partial charge is 0.273 e. The van der Waals surface area contributed by atoms with Crippen LogP contribution in [0.3, 0.4) is 0 Å². The van der Waals surface area contributed by atoms with Gasteiger partial charge < -0.3 is 0 Å². The van der Waals surface area contributed by atoms with Crippen LogP contribution >= 0.6 is 0 Å². The van der Waals surface area contributed by atoms with Gasteiger partial charge in [0.15, 0.2) is 12.4 Å². The van der Waals surface area contributed by atoms with Crippen molar-refractivity contribution in [1.82, 2.24) is 21.7 Å². The maximum Gasteiger partial charge on any atom is 0.238 e. The van der Waals surface area contributed by atoms with Crippen molar-refractivity contribution in [3.05, 3.63) is 0 Å². The molecule has 8 nitrogen and oxygen atoms in total. The first-order chi connectivity index (χ1) is 7.70. The van der Waals surface area contributed by atoms with Crippen LogP contribution in [0.4, 0.5) is 0 Å². The van der Waals surface area contributed by atoms with Gasteiger partial charge in [0.25, 0.3) is 0 Å². The Balaban J connectivity index is 3.40. The van der Waals surface area contributed by atoms with E-state index in [4.69, 9.17) is 10.5 Å². The maximum atomic E-state index is 10.9. The number of unbranched alkanes of at least 4 members (excludes halogenated alkanes) is 1. The number of nitriles is 2. The molecule has 86 valence electrons. The van der Waals surface area contributed by atoms with E-state index in [1.165, 1.54) is 0 Å². The van der Waals surface area contributed by atoms with Crippen LogP contribution in [-0.2, 0) is 9.59 Å². The predicted octanol–water partition coefficient (Wildman–Crippen LogP) is -1.25. The average Bonchev–Trinajstić information content (AvgIpc) is 2.29. The fraction of sp³-hybridized carbons (Fsp3) is 0.500. The van der Waals surface area contributed by atoms with Gasteiger partial charge in [-0.05, 0) is 12.8 Å². The zero-order chi connectivity index (χ0) is 12.2. The van der Waals surface area contributed by atoms with Crippen molar-refractivity contribution in [1.29, 1.82) is 10.5 Å².